The number of fused-ring (bicyclic) bond motifs is 1. The van der Waals surface area contributed by atoms with Crippen molar-refractivity contribution in [3.8, 4) is 0 Å². The Hall–Kier alpha value is -3.23. The van der Waals surface area contributed by atoms with Crippen LogP contribution < -0.4 is 5.32 Å². The van der Waals surface area contributed by atoms with E-state index in [-0.39, 0.29) is 10.7 Å². The number of anilines is 2. The third-order valence-electron chi connectivity index (χ3n) is 4.52. The summed E-state index contributed by atoms with van der Waals surface area (Å²) in [5.41, 5.74) is 1.19. The molecule has 3 heterocycles. The molecule has 1 unspecified atom stereocenters. The highest BCUT2D eigenvalue weighted by Gasteiger charge is 2.32. The lowest BCUT2D eigenvalue weighted by Crippen LogP contribution is -2.27. The zero-order valence-electron chi connectivity index (χ0n) is 14.8. The van der Waals surface area contributed by atoms with Crippen LogP contribution in [0.5, 0.6) is 0 Å². The highest BCUT2D eigenvalue weighted by Crippen LogP contribution is 2.35. The van der Waals surface area contributed by atoms with Crippen LogP contribution in [-0.2, 0) is 10.3 Å². The number of ether oxygens (including phenoxy) is 1. The molecule has 0 saturated heterocycles. The molecule has 3 aromatic heterocycles. The molecule has 0 bridgehead atoms. The molecule has 0 radical (unpaired) electrons. The summed E-state index contributed by atoms with van der Waals surface area (Å²) in [5, 5.41) is 16.5. The molecule has 28 heavy (non-hydrogen) atoms. The Labute approximate surface area is 165 Å². The average Bonchev–Trinajstić information content (AvgIpc) is 3.10. The van der Waals surface area contributed by atoms with Gasteiger partial charge in [0.05, 0.1) is 16.9 Å². The summed E-state index contributed by atoms with van der Waals surface area (Å²) in [6.45, 7) is 0. The van der Waals surface area contributed by atoms with Gasteiger partial charge in [-0.05, 0) is 18.2 Å². The monoisotopic (exact) mass is 397 g/mol. The molecule has 0 aromatic carbocycles. The minimum atomic E-state index is -1.19. The summed E-state index contributed by atoms with van der Waals surface area (Å²) in [7, 11) is 1.67. The van der Waals surface area contributed by atoms with Crippen molar-refractivity contribution in [1.29, 1.82) is 0 Å². The number of nitrogens with one attached hydrogen (secondary N) is 1. The molecule has 1 atom stereocenters. The van der Waals surface area contributed by atoms with Crippen LogP contribution >= 0.6 is 11.6 Å². The average molecular weight is 398 g/mol. The molecule has 0 fully saturated rings. The van der Waals surface area contributed by atoms with E-state index in [1.165, 1.54) is 12.3 Å². The van der Waals surface area contributed by atoms with Crippen molar-refractivity contribution in [3.63, 3.8) is 0 Å². The van der Waals surface area contributed by atoms with E-state index in [1.807, 2.05) is 36.4 Å². The number of hydrogen-bond acceptors (Lipinski definition) is 6. The highest BCUT2D eigenvalue weighted by molar-refractivity contribution is 6.33. The number of aromatic carboxylic acids is 1. The lowest BCUT2D eigenvalue weighted by molar-refractivity contribution is 0.0315. The first-order valence-electron chi connectivity index (χ1n) is 8.44. The number of carboxylic acid groups (broad SMARTS) is 1. The SMILES string of the molecule is COC1(c2cccn3nc(Nc4cnc(C(=O)O)c(Cl)c4)nc23)C=CC=CC1. The molecular formula is C19H16ClN5O3. The van der Waals surface area contributed by atoms with Gasteiger partial charge >= 0.3 is 5.97 Å². The molecule has 0 amide bonds. The Balaban J connectivity index is 1.71. The molecule has 3 aromatic rings. The quantitative estimate of drug-likeness (QED) is 0.678. The van der Waals surface area contributed by atoms with Crippen LogP contribution in [0.25, 0.3) is 5.65 Å². The lowest BCUT2D eigenvalue weighted by atomic mass is 9.88. The Kier molecular flexibility index (Phi) is 4.58. The molecule has 9 heteroatoms. The van der Waals surface area contributed by atoms with E-state index in [4.69, 9.17) is 21.4 Å². The summed E-state index contributed by atoms with van der Waals surface area (Å²) in [6, 6.07) is 5.31. The number of pyridine rings is 2. The largest absolute Gasteiger partial charge is 0.476 e. The normalized spacial score (nSPS) is 18.5. The topological polar surface area (TPSA) is 102 Å². The number of carbonyl (C=O) groups is 1. The van der Waals surface area contributed by atoms with Gasteiger partial charge in [-0.25, -0.2) is 14.3 Å². The van der Waals surface area contributed by atoms with Crippen LogP contribution in [-0.4, -0.2) is 37.8 Å². The minimum absolute atomic E-state index is 0.0272. The van der Waals surface area contributed by atoms with Crippen LogP contribution in [0.2, 0.25) is 5.02 Å². The van der Waals surface area contributed by atoms with E-state index in [2.05, 4.69) is 20.4 Å². The van der Waals surface area contributed by atoms with Gasteiger partial charge in [-0.3, -0.25) is 0 Å². The van der Waals surface area contributed by atoms with Crippen molar-refractivity contribution in [2.45, 2.75) is 12.0 Å². The van der Waals surface area contributed by atoms with Crippen molar-refractivity contribution >= 4 is 34.9 Å². The third kappa shape index (κ3) is 3.12. The summed E-state index contributed by atoms with van der Waals surface area (Å²) in [6.07, 6.45) is 11.8. The van der Waals surface area contributed by atoms with E-state index in [9.17, 15) is 4.79 Å². The maximum absolute atomic E-state index is 11.0. The van der Waals surface area contributed by atoms with Gasteiger partial charge in [0.25, 0.3) is 0 Å². The minimum Gasteiger partial charge on any atom is -0.476 e. The molecule has 1 aliphatic rings. The first-order valence-corrected chi connectivity index (χ1v) is 8.81. The van der Waals surface area contributed by atoms with E-state index < -0.39 is 11.6 Å². The zero-order chi connectivity index (χ0) is 19.7. The smallest absolute Gasteiger partial charge is 0.356 e. The van der Waals surface area contributed by atoms with Crippen molar-refractivity contribution in [3.05, 3.63) is 71.2 Å². The van der Waals surface area contributed by atoms with Crippen molar-refractivity contribution < 1.29 is 14.6 Å². The van der Waals surface area contributed by atoms with E-state index in [0.29, 0.717) is 23.7 Å². The Morgan fingerprint density at radius 3 is 2.96 bits per heavy atom. The summed E-state index contributed by atoms with van der Waals surface area (Å²) in [4.78, 5) is 19.5. The Morgan fingerprint density at radius 1 is 1.43 bits per heavy atom. The van der Waals surface area contributed by atoms with Gasteiger partial charge in [-0.1, -0.05) is 35.9 Å². The zero-order valence-corrected chi connectivity index (χ0v) is 15.6. The predicted molar refractivity (Wildman–Crippen MR) is 104 cm³/mol. The van der Waals surface area contributed by atoms with Crippen LogP contribution in [0.3, 0.4) is 0 Å². The number of carboxylic acids is 1. The maximum Gasteiger partial charge on any atom is 0.356 e. The van der Waals surface area contributed by atoms with Gasteiger partial charge in [-0.15, -0.1) is 5.10 Å². The molecule has 8 nitrogen and oxygen atoms in total. The van der Waals surface area contributed by atoms with Crippen molar-refractivity contribution in [2.75, 3.05) is 12.4 Å². The fraction of sp³-hybridized carbons (Fsp3) is 0.158. The van der Waals surface area contributed by atoms with Crippen LogP contribution in [0, 0.1) is 0 Å². The third-order valence-corrected chi connectivity index (χ3v) is 4.80. The maximum atomic E-state index is 11.0. The van der Waals surface area contributed by atoms with Gasteiger partial charge in [0.1, 0.15) is 5.60 Å². The van der Waals surface area contributed by atoms with Gasteiger partial charge in [0.2, 0.25) is 5.95 Å². The second-order valence-electron chi connectivity index (χ2n) is 6.20. The van der Waals surface area contributed by atoms with Crippen LogP contribution in [0.4, 0.5) is 11.6 Å². The van der Waals surface area contributed by atoms with E-state index >= 15 is 0 Å². The second-order valence-corrected chi connectivity index (χ2v) is 6.60. The number of nitrogens with zero attached hydrogens (tertiary/aromatic N) is 4. The van der Waals surface area contributed by atoms with Crippen LogP contribution in [0.1, 0.15) is 22.5 Å². The van der Waals surface area contributed by atoms with Crippen molar-refractivity contribution in [2.24, 2.45) is 0 Å². The molecule has 0 aliphatic heterocycles. The first-order chi connectivity index (χ1) is 13.5. The summed E-state index contributed by atoms with van der Waals surface area (Å²) < 4.78 is 7.49. The number of aromatic nitrogens is 4. The number of methoxy groups -OCH3 is 1. The molecule has 0 spiro atoms. The molecule has 0 saturated carbocycles. The number of rotatable bonds is 5. The summed E-state index contributed by atoms with van der Waals surface area (Å²) in [5.74, 6) is -0.860. The van der Waals surface area contributed by atoms with Gasteiger partial charge in [0.15, 0.2) is 11.3 Å². The molecule has 4 rings (SSSR count). The van der Waals surface area contributed by atoms with Crippen molar-refractivity contribution in [1.82, 2.24) is 19.6 Å². The second kappa shape index (κ2) is 7.06. The Bertz CT molecular complexity index is 1120. The fourth-order valence-electron chi connectivity index (χ4n) is 3.14. The van der Waals surface area contributed by atoms with Gasteiger partial charge in [-0.2, -0.15) is 4.98 Å². The first kappa shape index (κ1) is 18.1. The number of hydrogen-bond donors (Lipinski definition) is 2. The molecule has 2 N–H and O–H groups in total. The lowest BCUT2D eigenvalue weighted by Gasteiger charge is -2.30. The number of allylic oxidation sites excluding steroid dienone is 2. The highest BCUT2D eigenvalue weighted by atomic mass is 35.5. The summed E-state index contributed by atoms with van der Waals surface area (Å²) >= 11 is 5.97. The van der Waals surface area contributed by atoms with Gasteiger partial charge < -0.3 is 15.2 Å². The van der Waals surface area contributed by atoms with E-state index in [1.54, 1.807) is 17.8 Å². The number of halogens is 1. The standard InChI is InChI=1S/C19H16ClN5O3/c1-28-19(7-3-2-4-8-19)13-6-5-9-25-16(13)23-18(24-25)22-12-10-14(20)15(17(26)27)21-11-12/h2-7,9-11H,8H2,1H3,(H,22,24)(H,26,27). The molecule has 142 valence electrons. The van der Waals surface area contributed by atoms with Crippen LogP contribution in [0.15, 0.2) is 54.9 Å². The molecule has 1 aliphatic carbocycles. The predicted octanol–water partition coefficient (Wildman–Crippen LogP) is 3.58. The van der Waals surface area contributed by atoms with Gasteiger partial charge in [0, 0.05) is 25.3 Å². The Morgan fingerprint density at radius 2 is 2.29 bits per heavy atom. The molecular weight excluding hydrogens is 382 g/mol. The fourth-order valence-corrected chi connectivity index (χ4v) is 3.39. The van der Waals surface area contributed by atoms with E-state index in [0.717, 1.165) is 5.56 Å².